The van der Waals surface area contributed by atoms with Crippen LogP contribution in [-0.4, -0.2) is 151 Å². The Morgan fingerprint density at radius 3 is 1.46 bits per heavy atom. The Kier molecular flexibility index (Phi) is 60.6. The quantitative estimate of drug-likeness (QED) is 0.00532. The number of Topliss-reactive ketones (excluding diaryl/α,β-unsaturated/α-hetero) is 1. The number of hydrogen-bond acceptors (Lipinski definition) is 18. The number of carbonyl (C=O) groups excluding carboxylic acids is 8. The third kappa shape index (κ3) is 46.9. The Labute approximate surface area is 827 Å². The molecule has 11 aliphatic carbocycles. The second-order valence-corrected chi connectivity index (χ2v) is 42.1. The number of ketones is 1. The summed E-state index contributed by atoms with van der Waals surface area (Å²) >= 11 is 9.45. The summed E-state index contributed by atoms with van der Waals surface area (Å²) < 4.78 is 26.6. The lowest BCUT2D eigenvalue weighted by molar-refractivity contribution is -0.146. The van der Waals surface area contributed by atoms with Crippen LogP contribution in [0.15, 0.2) is 101 Å². The van der Waals surface area contributed by atoms with Crippen LogP contribution in [0.1, 0.15) is 343 Å². The Morgan fingerprint density at radius 1 is 0.602 bits per heavy atom. The molecule has 27 heteroatoms. The van der Waals surface area contributed by atoms with Crippen molar-refractivity contribution >= 4 is 108 Å². The number of esters is 4. The van der Waals surface area contributed by atoms with Crippen LogP contribution in [0.4, 0.5) is 4.79 Å². The molecule has 0 bridgehead atoms. The molecule has 3 heterocycles. The average Bonchev–Trinajstić information content (AvgIpc) is 1.69. The van der Waals surface area contributed by atoms with Gasteiger partial charge in [0.25, 0.3) is 0 Å². The van der Waals surface area contributed by atoms with E-state index in [4.69, 9.17) is 45.0 Å². The number of cyclic esters (lactones) is 3. The van der Waals surface area contributed by atoms with Gasteiger partial charge in [0.2, 0.25) is 5.91 Å². The summed E-state index contributed by atoms with van der Waals surface area (Å²) in [6.45, 7) is 20.1. The molecule has 1 aromatic carbocycles. The van der Waals surface area contributed by atoms with Crippen LogP contribution in [0, 0.1) is 88.8 Å². The van der Waals surface area contributed by atoms with Crippen molar-refractivity contribution in [2.45, 2.75) is 392 Å². The van der Waals surface area contributed by atoms with Crippen LogP contribution >= 0.6 is 54.5 Å². The number of alkyl halides is 3. The van der Waals surface area contributed by atoms with Gasteiger partial charge in [0.05, 0.1) is 66.1 Å². The van der Waals surface area contributed by atoms with Crippen molar-refractivity contribution < 1.29 is 82.2 Å². The van der Waals surface area contributed by atoms with Gasteiger partial charge in [-0.25, -0.2) is 14.5 Å². The molecule has 2 amide bonds. The lowest BCUT2D eigenvalue weighted by Crippen LogP contribution is -2.42. The fourth-order valence-corrected chi connectivity index (χ4v) is 18.7. The molecule has 3 N–H and O–H groups in total. The Morgan fingerprint density at radius 2 is 1.07 bits per heavy atom. The van der Waals surface area contributed by atoms with E-state index >= 15 is 0 Å². The van der Waals surface area contributed by atoms with Gasteiger partial charge in [0, 0.05) is 57.3 Å². The van der Waals surface area contributed by atoms with Crippen molar-refractivity contribution in [3.8, 4) is 0 Å². The maximum Gasteiger partial charge on any atom is 0.416 e. The minimum Gasteiger partial charge on any atom is -0.481 e. The third-order valence-electron chi connectivity index (χ3n) is 29.1. The molecule has 0 spiro atoms. The van der Waals surface area contributed by atoms with E-state index in [1.54, 1.807) is 19.1 Å². The normalized spacial score (nSPS) is 23.8. The second-order valence-electron chi connectivity index (χ2n) is 39.5. The number of nitrogens with zero attached hydrogens (tertiary/aromatic N) is 7. The zero-order valence-corrected chi connectivity index (χ0v) is 87.1. The molecule has 748 valence electrons. The Bertz CT molecular complexity index is 3730. The van der Waals surface area contributed by atoms with Crippen molar-refractivity contribution in [1.82, 2.24) is 4.90 Å². The minimum absolute atomic E-state index is 0.0211. The second kappa shape index (κ2) is 68.7. The monoisotopic (exact) mass is 2090 g/mol. The standard InChI is InChI=1S/C21H27NO3.C12H19BrO2.C12H19N3O2.C11H19N3O3.C8H13Br.C8H13I.C8H14O2.C8H12O2.C8H14O.C6H10O.C4H6O/c1-16(8-5-6-9-17-12-7-13-17)20(23)22-19(15-25-21(22)24)14-18-10-3-2-4-11-18;1-7-6-10(15-12(7)14)11(13)8(2)9-4-3-5-9;1-7-6-10(17-12(7)16)11(14-15-13)8(2)9-4-3-5-9;1-7(11(16)17)5-10(15)9(13-14-12)6-8-3-2-4-8;2*9-7-2-1-4-8-5-3-6-8;2*1-2-10-8(9)6-7-4-3-5-7;1-2-8(9)6-7-4-3-5-7;7-5-4-6-2-1-3-6;5-4-2-1-3-4/h2-6,10-11,16-17,19H,7-9,12-15H2,1H3;7-11H,3-6H2,1-2H3;7-11H,3-6H2,1-2H3;7-10,15H,2-6H2,1H3,(H,16,17);2*1-2,8H,3-7H2;7H,2-6H2,1H3;6H,2-5H2,1H3;2,7-9H,1,3-6H2;5-6H,1-4H2;1-3H2/b6-5+;;;;2*2-1+;;;;;/t16-,19+;2*7-,8?,10?,11-;7-,9-,10+;;;;;;;/m1111......./s1. The van der Waals surface area contributed by atoms with Gasteiger partial charge in [0.15, 0.2) is 0 Å². The maximum atomic E-state index is 12.7. The van der Waals surface area contributed by atoms with Crippen molar-refractivity contribution in [2.75, 3.05) is 29.6 Å². The number of ether oxygens (including phenoxy) is 5. The smallest absolute Gasteiger partial charge is 0.416 e. The summed E-state index contributed by atoms with van der Waals surface area (Å²) in [6.07, 6.45) is 67.6. The van der Waals surface area contributed by atoms with E-state index in [0.717, 1.165) is 123 Å². The highest BCUT2D eigenvalue weighted by Crippen LogP contribution is 2.43. The largest absolute Gasteiger partial charge is 0.481 e. The topological polar surface area (TPSA) is 361 Å². The predicted molar refractivity (Wildman–Crippen MR) is 542 cm³/mol. The van der Waals surface area contributed by atoms with E-state index in [9.17, 15) is 48.3 Å². The highest BCUT2D eigenvalue weighted by atomic mass is 127. The number of aliphatic hydroxyl groups excluding tert-OH is 2. The molecule has 14 aliphatic rings. The summed E-state index contributed by atoms with van der Waals surface area (Å²) in [6, 6.07) is 9.02. The lowest BCUT2D eigenvalue weighted by atomic mass is 9.72. The molecule has 1 aromatic rings. The zero-order valence-electron chi connectivity index (χ0n) is 81.7. The van der Waals surface area contributed by atoms with Gasteiger partial charge in [-0.15, -0.1) is 6.58 Å². The number of hydrogen-bond donors (Lipinski definition) is 3. The molecule has 11 saturated carbocycles. The SMILES string of the molecule is BrC/C=C/CC1CCC1.C=CC(O)CC1CCC1.CC(C1CCC1)[C@@H](Br)C1C[C@@H](C)C(=O)O1.CC(C1CCC1)[C@@H](N=[N+]=[N-])C1C[C@@H](C)C(=O)O1.CCOC(=O)C=C1CCC1.CCOC(=O)CC1CCC1.C[C@H](C/C=C/CC1CCC1)C(=O)N1C(=O)OC[C@@H]1Cc1ccccc1.C[C@H](C[C@H](O)[C@@H](CC1CCC1)N=[N+]=[N-])C(=O)O.IC/C=C/CC1CCC1.O=C1CCC1.O=CCC1CCC1. The van der Waals surface area contributed by atoms with E-state index in [1.807, 2.05) is 65.0 Å². The third-order valence-corrected chi connectivity index (χ3v) is 31.4. The number of allylic oxidation sites excluding steroid dienone is 7. The summed E-state index contributed by atoms with van der Waals surface area (Å²) in [5.41, 5.74) is 19.5. The van der Waals surface area contributed by atoms with E-state index in [-0.39, 0.29) is 91.0 Å². The zero-order chi connectivity index (χ0) is 97.2. The number of aliphatic hydroxyl groups is 2. The number of amides is 2. The molecule has 5 unspecified atom stereocenters. The fourth-order valence-electron chi connectivity index (χ4n) is 17.3. The first-order valence-electron chi connectivity index (χ1n) is 51.0. The number of azide groups is 2. The first-order chi connectivity index (χ1) is 64.1. The van der Waals surface area contributed by atoms with Gasteiger partial charge in [-0.05, 0) is 198 Å². The average molecular weight is 2100 g/mol. The van der Waals surface area contributed by atoms with Gasteiger partial charge >= 0.3 is 35.9 Å². The van der Waals surface area contributed by atoms with Crippen LogP contribution in [0.3, 0.4) is 0 Å². The highest BCUT2D eigenvalue weighted by Gasteiger charge is 2.44. The number of benzene rings is 1. The van der Waals surface area contributed by atoms with Crippen LogP contribution in [0.5, 0.6) is 0 Å². The van der Waals surface area contributed by atoms with Gasteiger partial charge in [-0.2, -0.15) is 0 Å². The fraction of sp³-hybridized carbons (Fsp3) is 0.764. The van der Waals surface area contributed by atoms with E-state index in [0.29, 0.717) is 85.5 Å². The molecule has 14 fully saturated rings. The molecule has 3 aliphatic heterocycles. The van der Waals surface area contributed by atoms with Gasteiger partial charge < -0.3 is 43.8 Å². The number of carboxylic acid groups (broad SMARTS) is 1. The van der Waals surface area contributed by atoms with Crippen LogP contribution in [-0.2, 0) is 68.5 Å². The lowest BCUT2D eigenvalue weighted by Gasteiger charge is -2.36. The molecule has 15 rings (SSSR count). The Hall–Kier alpha value is -6.22. The maximum absolute atomic E-state index is 12.7. The summed E-state index contributed by atoms with van der Waals surface area (Å²) in [5.74, 6) is 6.19. The molecule has 133 heavy (non-hydrogen) atoms. The van der Waals surface area contributed by atoms with Crippen LogP contribution in [0.2, 0.25) is 0 Å². The van der Waals surface area contributed by atoms with Gasteiger partial charge in [-0.3, -0.25) is 28.8 Å². The number of carboxylic acids is 1. The molecule has 24 nitrogen and oxygen atoms in total. The number of aliphatic carboxylic acids is 1. The van der Waals surface area contributed by atoms with E-state index < -0.39 is 30.1 Å². The Balaban J connectivity index is 0.000000265. The minimum atomic E-state index is -0.938. The van der Waals surface area contributed by atoms with Crippen molar-refractivity contribution in [2.24, 2.45) is 99.0 Å². The van der Waals surface area contributed by atoms with E-state index in [1.165, 1.54) is 195 Å². The number of halogens is 3. The number of aldehydes is 1. The summed E-state index contributed by atoms with van der Waals surface area (Å²) in [7, 11) is 0. The molecule has 14 atom stereocenters. The van der Waals surface area contributed by atoms with E-state index in [2.05, 4.69) is 131 Å². The summed E-state index contributed by atoms with van der Waals surface area (Å²) in [4.78, 5) is 107. The highest BCUT2D eigenvalue weighted by molar-refractivity contribution is 14.1. The van der Waals surface area contributed by atoms with Crippen LogP contribution in [0.25, 0.3) is 20.9 Å². The van der Waals surface area contributed by atoms with Gasteiger partial charge in [-0.1, -0.05) is 345 Å². The van der Waals surface area contributed by atoms with Crippen molar-refractivity contribution in [3.63, 3.8) is 0 Å². The van der Waals surface area contributed by atoms with Gasteiger partial charge in [0.1, 0.15) is 30.9 Å². The molecular formula is C106H166Br2IN7O17. The van der Waals surface area contributed by atoms with Crippen LogP contribution < -0.4 is 0 Å². The predicted octanol–water partition coefficient (Wildman–Crippen LogP) is 26.4. The molecule has 0 aromatic heterocycles. The number of rotatable bonds is 37. The van der Waals surface area contributed by atoms with Crippen molar-refractivity contribution in [3.05, 3.63) is 118 Å². The number of carbonyl (C=O) groups is 9. The first-order valence-corrected chi connectivity index (χ1v) is 54.6. The number of imide groups is 1. The molecule has 0 radical (unpaired) electrons. The first kappa shape index (κ1) is 117. The molecular weight excluding hydrogens is 1930 g/mol. The summed E-state index contributed by atoms with van der Waals surface area (Å²) in [5, 5.41) is 36.2. The molecule has 3 saturated heterocycles. The van der Waals surface area contributed by atoms with Crippen molar-refractivity contribution in [1.29, 1.82) is 0 Å².